The minimum absolute atomic E-state index is 0.0225. The van der Waals surface area contributed by atoms with Crippen LogP contribution >= 0.6 is 0 Å². The van der Waals surface area contributed by atoms with Crippen molar-refractivity contribution in [3.05, 3.63) is 24.4 Å². The largest absolute Gasteiger partial charge is 0.395 e. The van der Waals surface area contributed by atoms with E-state index < -0.39 is 0 Å². The molecule has 1 saturated carbocycles. The van der Waals surface area contributed by atoms with Crippen molar-refractivity contribution in [1.82, 2.24) is 15.2 Å². The van der Waals surface area contributed by atoms with Crippen LogP contribution in [0.4, 0.5) is 10.6 Å². The summed E-state index contributed by atoms with van der Waals surface area (Å²) >= 11 is 0. The molecule has 0 spiro atoms. The van der Waals surface area contributed by atoms with E-state index in [9.17, 15) is 4.79 Å². The third-order valence-electron chi connectivity index (χ3n) is 4.08. The van der Waals surface area contributed by atoms with Crippen LogP contribution in [-0.4, -0.2) is 59.3 Å². The van der Waals surface area contributed by atoms with Gasteiger partial charge >= 0.3 is 6.03 Å². The minimum Gasteiger partial charge on any atom is -0.395 e. The smallest absolute Gasteiger partial charge is 0.318 e. The first-order chi connectivity index (χ1) is 10.3. The number of aliphatic hydroxyl groups excluding tert-OH is 1. The maximum atomic E-state index is 12.3. The van der Waals surface area contributed by atoms with Gasteiger partial charge in [-0.05, 0) is 31.4 Å². The van der Waals surface area contributed by atoms with Crippen LogP contribution in [-0.2, 0) is 0 Å². The maximum absolute atomic E-state index is 12.3. The molecular weight excluding hydrogens is 268 g/mol. The Balaban J connectivity index is 1.53. The Labute approximate surface area is 124 Å². The number of hydrogen-bond donors (Lipinski definition) is 2. The van der Waals surface area contributed by atoms with E-state index in [0.29, 0.717) is 12.6 Å². The Bertz CT molecular complexity index is 478. The average Bonchev–Trinajstić information content (AvgIpc) is 3.24. The first-order valence-electron chi connectivity index (χ1n) is 7.62. The van der Waals surface area contributed by atoms with Crippen molar-refractivity contribution in [2.24, 2.45) is 0 Å². The van der Waals surface area contributed by atoms with E-state index in [1.165, 1.54) is 0 Å². The molecule has 6 heteroatoms. The fourth-order valence-corrected chi connectivity index (χ4v) is 2.83. The monoisotopic (exact) mass is 290 g/mol. The van der Waals surface area contributed by atoms with Crippen LogP contribution in [0.25, 0.3) is 0 Å². The molecule has 2 fully saturated rings. The number of amides is 2. The van der Waals surface area contributed by atoms with Gasteiger partial charge in [0.1, 0.15) is 5.82 Å². The molecular formula is C15H22N4O2. The third kappa shape index (κ3) is 3.44. The molecule has 2 heterocycles. The second kappa shape index (κ2) is 6.30. The van der Waals surface area contributed by atoms with Crippen LogP contribution in [0, 0.1) is 0 Å². The summed E-state index contributed by atoms with van der Waals surface area (Å²) in [6, 6.07) is 6.31. The van der Waals surface area contributed by atoms with E-state index >= 15 is 0 Å². The molecule has 3 rings (SSSR count). The van der Waals surface area contributed by atoms with Gasteiger partial charge in [-0.1, -0.05) is 6.07 Å². The van der Waals surface area contributed by atoms with Gasteiger partial charge in [-0.3, -0.25) is 0 Å². The molecule has 0 bridgehead atoms. The lowest BCUT2D eigenvalue weighted by molar-refractivity contribution is 0.171. The van der Waals surface area contributed by atoms with Gasteiger partial charge in [0.15, 0.2) is 0 Å². The second-order valence-corrected chi connectivity index (χ2v) is 5.72. The standard InChI is InChI=1S/C15H22N4O2/c20-10-9-19(13-4-5-13)15(21)17-12-6-8-18(11-12)14-3-1-2-7-16-14/h1-3,7,12-13,20H,4-6,8-11H2,(H,17,21). The van der Waals surface area contributed by atoms with Gasteiger partial charge in [0, 0.05) is 37.9 Å². The molecule has 6 nitrogen and oxygen atoms in total. The molecule has 21 heavy (non-hydrogen) atoms. The Hall–Kier alpha value is -1.82. The van der Waals surface area contributed by atoms with Crippen molar-refractivity contribution in [3.8, 4) is 0 Å². The minimum atomic E-state index is -0.0422. The van der Waals surface area contributed by atoms with E-state index in [1.807, 2.05) is 18.2 Å². The van der Waals surface area contributed by atoms with E-state index in [-0.39, 0.29) is 18.7 Å². The molecule has 1 unspecified atom stereocenters. The first-order valence-corrected chi connectivity index (χ1v) is 7.62. The predicted octanol–water partition coefficient (Wildman–Crippen LogP) is 0.827. The third-order valence-corrected chi connectivity index (χ3v) is 4.08. The quantitative estimate of drug-likeness (QED) is 0.842. The zero-order valence-corrected chi connectivity index (χ0v) is 12.1. The Morgan fingerprint density at radius 1 is 1.43 bits per heavy atom. The highest BCUT2D eigenvalue weighted by Crippen LogP contribution is 2.26. The van der Waals surface area contributed by atoms with Crippen LogP contribution in [0.1, 0.15) is 19.3 Å². The molecule has 1 atom stereocenters. The number of pyridine rings is 1. The summed E-state index contributed by atoms with van der Waals surface area (Å²) in [5.74, 6) is 0.962. The SMILES string of the molecule is O=C(NC1CCN(c2ccccn2)C1)N(CCO)C1CC1. The molecule has 1 aliphatic carbocycles. The first kappa shape index (κ1) is 14.1. The summed E-state index contributed by atoms with van der Waals surface area (Å²) in [7, 11) is 0. The molecule has 1 saturated heterocycles. The second-order valence-electron chi connectivity index (χ2n) is 5.72. The topological polar surface area (TPSA) is 68.7 Å². The summed E-state index contributed by atoms with van der Waals surface area (Å²) in [6.07, 6.45) is 4.83. The fourth-order valence-electron chi connectivity index (χ4n) is 2.83. The molecule has 2 aliphatic rings. The zero-order valence-electron chi connectivity index (χ0n) is 12.1. The number of nitrogens with zero attached hydrogens (tertiary/aromatic N) is 3. The highest BCUT2D eigenvalue weighted by atomic mass is 16.3. The van der Waals surface area contributed by atoms with Crippen molar-refractivity contribution >= 4 is 11.8 Å². The highest BCUT2D eigenvalue weighted by molar-refractivity contribution is 5.75. The van der Waals surface area contributed by atoms with Crippen molar-refractivity contribution in [2.75, 3.05) is 31.1 Å². The molecule has 2 N–H and O–H groups in total. The molecule has 1 aromatic heterocycles. The molecule has 1 aromatic rings. The summed E-state index contributed by atoms with van der Waals surface area (Å²) in [6.45, 7) is 2.15. The van der Waals surface area contributed by atoms with Crippen LogP contribution in [0.3, 0.4) is 0 Å². The lowest BCUT2D eigenvalue weighted by Crippen LogP contribution is -2.47. The number of rotatable bonds is 5. The van der Waals surface area contributed by atoms with Gasteiger partial charge in [0.2, 0.25) is 0 Å². The van der Waals surface area contributed by atoms with Gasteiger partial charge in [-0.25, -0.2) is 9.78 Å². The number of nitrogens with one attached hydrogen (secondary N) is 1. The predicted molar refractivity (Wildman–Crippen MR) is 80.2 cm³/mol. The lowest BCUT2D eigenvalue weighted by Gasteiger charge is -2.24. The van der Waals surface area contributed by atoms with Crippen LogP contribution in [0.15, 0.2) is 24.4 Å². The molecule has 0 aromatic carbocycles. The molecule has 2 amide bonds. The normalized spacial score (nSPS) is 21.4. The lowest BCUT2D eigenvalue weighted by atomic mass is 10.3. The van der Waals surface area contributed by atoms with Gasteiger partial charge in [-0.15, -0.1) is 0 Å². The maximum Gasteiger partial charge on any atom is 0.318 e. The van der Waals surface area contributed by atoms with Crippen molar-refractivity contribution in [2.45, 2.75) is 31.3 Å². The Kier molecular flexibility index (Phi) is 4.24. The average molecular weight is 290 g/mol. The Morgan fingerprint density at radius 2 is 2.29 bits per heavy atom. The molecule has 114 valence electrons. The van der Waals surface area contributed by atoms with Gasteiger partial charge in [0.25, 0.3) is 0 Å². The van der Waals surface area contributed by atoms with Gasteiger partial charge in [-0.2, -0.15) is 0 Å². The summed E-state index contributed by atoms with van der Waals surface area (Å²) in [4.78, 5) is 20.6. The number of urea groups is 1. The number of carbonyl (C=O) groups excluding carboxylic acids is 1. The summed E-state index contributed by atoms with van der Waals surface area (Å²) in [5, 5.41) is 12.2. The molecule has 0 radical (unpaired) electrons. The summed E-state index contributed by atoms with van der Waals surface area (Å²) in [5.41, 5.74) is 0. The fraction of sp³-hybridized carbons (Fsp3) is 0.600. The van der Waals surface area contributed by atoms with Crippen LogP contribution < -0.4 is 10.2 Å². The van der Waals surface area contributed by atoms with E-state index in [0.717, 1.165) is 38.2 Å². The number of hydrogen-bond acceptors (Lipinski definition) is 4. The van der Waals surface area contributed by atoms with Crippen molar-refractivity contribution < 1.29 is 9.90 Å². The van der Waals surface area contributed by atoms with Gasteiger partial charge < -0.3 is 20.2 Å². The zero-order chi connectivity index (χ0) is 14.7. The van der Waals surface area contributed by atoms with Crippen LogP contribution in [0.5, 0.6) is 0 Å². The Morgan fingerprint density at radius 3 is 2.95 bits per heavy atom. The molecule has 1 aliphatic heterocycles. The van der Waals surface area contributed by atoms with Crippen molar-refractivity contribution in [3.63, 3.8) is 0 Å². The highest BCUT2D eigenvalue weighted by Gasteiger charge is 2.34. The number of anilines is 1. The van der Waals surface area contributed by atoms with E-state index in [2.05, 4.69) is 15.2 Å². The van der Waals surface area contributed by atoms with Crippen molar-refractivity contribution in [1.29, 1.82) is 0 Å². The number of aliphatic hydroxyl groups is 1. The summed E-state index contributed by atoms with van der Waals surface area (Å²) < 4.78 is 0. The number of carbonyl (C=O) groups is 1. The van der Waals surface area contributed by atoms with Crippen LogP contribution in [0.2, 0.25) is 0 Å². The number of aromatic nitrogens is 1. The van der Waals surface area contributed by atoms with E-state index in [4.69, 9.17) is 5.11 Å². The van der Waals surface area contributed by atoms with Gasteiger partial charge in [0.05, 0.1) is 6.61 Å². The van der Waals surface area contributed by atoms with E-state index in [1.54, 1.807) is 11.1 Å².